The Morgan fingerprint density at radius 1 is 1.00 bits per heavy atom. The molecular weight excluding hydrogens is 471 g/mol. The number of amides is 1. The third-order valence-electron chi connectivity index (χ3n) is 7.53. The summed E-state index contributed by atoms with van der Waals surface area (Å²) < 4.78 is 51.6. The van der Waals surface area contributed by atoms with Crippen LogP contribution in [0.25, 0.3) is 0 Å². The van der Waals surface area contributed by atoms with Crippen LogP contribution in [0.3, 0.4) is 0 Å². The van der Waals surface area contributed by atoms with Crippen LogP contribution in [0, 0.1) is 5.92 Å². The Kier molecular flexibility index (Phi) is 6.53. The standard InChI is InChI=1S/C27H32F3N3O3/c1-17-14-32(15-18(2)36-17)26(34)23-13-19-12-20(27(28,29)30)4-9-24(19)33-11-10-31(16-25(23)33)21-5-7-22(35-3)8-6-21/h4-9,12,17-18,23,25H,10-11,13-16H2,1-3H3/t17-,18-,23-,25+/m0/s1. The van der Waals surface area contributed by atoms with Gasteiger partial charge in [-0.05, 0) is 68.3 Å². The van der Waals surface area contributed by atoms with Gasteiger partial charge in [-0.15, -0.1) is 0 Å². The van der Waals surface area contributed by atoms with Gasteiger partial charge in [-0.25, -0.2) is 0 Å². The number of halogens is 3. The maximum absolute atomic E-state index is 13.9. The summed E-state index contributed by atoms with van der Waals surface area (Å²) >= 11 is 0. The lowest BCUT2D eigenvalue weighted by Gasteiger charge is -2.51. The Bertz CT molecular complexity index is 1100. The van der Waals surface area contributed by atoms with Crippen molar-refractivity contribution in [2.75, 3.05) is 49.6 Å². The lowest BCUT2D eigenvalue weighted by Crippen LogP contribution is -2.62. The van der Waals surface area contributed by atoms with Crippen molar-refractivity contribution in [1.29, 1.82) is 0 Å². The van der Waals surface area contributed by atoms with Gasteiger partial charge in [0.25, 0.3) is 0 Å². The van der Waals surface area contributed by atoms with E-state index in [1.165, 1.54) is 6.07 Å². The number of benzene rings is 2. The van der Waals surface area contributed by atoms with Crippen LogP contribution in [0.5, 0.6) is 5.75 Å². The molecule has 5 rings (SSSR count). The predicted molar refractivity (Wildman–Crippen MR) is 132 cm³/mol. The lowest BCUT2D eigenvalue weighted by atomic mass is 9.82. The zero-order valence-corrected chi connectivity index (χ0v) is 20.8. The Morgan fingerprint density at radius 2 is 1.69 bits per heavy atom. The molecule has 3 aliphatic rings. The number of hydrogen-bond donors (Lipinski definition) is 0. The lowest BCUT2D eigenvalue weighted by molar-refractivity contribution is -0.148. The largest absolute Gasteiger partial charge is 0.497 e. The van der Waals surface area contributed by atoms with Crippen LogP contribution in [0.4, 0.5) is 24.5 Å². The van der Waals surface area contributed by atoms with Gasteiger partial charge in [0.05, 0.1) is 36.8 Å². The molecule has 2 aromatic carbocycles. The summed E-state index contributed by atoms with van der Waals surface area (Å²) in [5.41, 5.74) is 1.76. The number of hydrogen-bond acceptors (Lipinski definition) is 5. The second-order valence-electron chi connectivity index (χ2n) is 10.1. The first-order valence-electron chi connectivity index (χ1n) is 12.4. The number of nitrogens with zero attached hydrogens (tertiary/aromatic N) is 3. The van der Waals surface area contributed by atoms with E-state index < -0.39 is 17.7 Å². The van der Waals surface area contributed by atoms with Crippen molar-refractivity contribution in [3.8, 4) is 5.75 Å². The van der Waals surface area contributed by atoms with Crippen LogP contribution in [-0.4, -0.2) is 68.9 Å². The van der Waals surface area contributed by atoms with E-state index in [0.717, 1.165) is 23.2 Å². The second-order valence-corrected chi connectivity index (χ2v) is 10.1. The second kappa shape index (κ2) is 9.50. The molecule has 2 saturated heterocycles. The summed E-state index contributed by atoms with van der Waals surface area (Å²) in [6.07, 6.45) is -4.30. The summed E-state index contributed by atoms with van der Waals surface area (Å²) in [6.45, 7) is 6.80. The first-order valence-corrected chi connectivity index (χ1v) is 12.4. The van der Waals surface area contributed by atoms with E-state index in [-0.39, 0.29) is 30.6 Å². The normalized spacial score (nSPS) is 26.3. The first kappa shape index (κ1) is 24.7. The maximum atomic E-state index is 13.9. The Labute approximate surface area is 209 Å². The maximum Gasteiger partial charge on any atom is 0.416 e. The molecule has 1 amide bonds. The highest BCUT2D eigenvalue weighted by Crippen LogP contribution is 2.41. The van der Waals surface area contributed by atoms with Gasteiger partial charge < -0.3 is 24.2 Å². The molecule has 36 heavy (non-hydrogen) atoms. The van der Waals surface area contributed by atoms with E-state index in [1.807, 2.05) is 43.0 Å². The fraction of sp³-hybridized carbons (Fsp3) is 0.519. The minimum Gasteiger partial charge on any atom is -0.497 e. The van der Waals surface area contributed by atoms with Crippen LogP contribution >= 0.6 is 0 Å². The molecule has 3 heterocycles. The van der Waals surface area contributed by atoms with Gasteiger partial charge in [0.15, 0.2) is 0 Å². The van der Waals surface area contributed by atoms with Crippen molar-refractivity contribution < 1.29 is 27.4 Å². The monoisotopic (exact) mass is 503 g/mol. The number of methoxy groups -OCH3 is 1. The quantitative estimate of drug-likeness (QED) is 0.628. The SMILES string of the molecule is COc1ccc(N2CCN3c4ccc(C(F)(F)F)cc4C[C@H](C(=O)N4C[C@H](C)O[C@@H](C)C4)[C@H]3C2)cc1. The number of alkyl halides is 3. The van der Waals surface area contributed by atoms with Gasteiger partial charge in [0, 0.05) is 44.1 Å². The van der Waals surface area contributed by atoms with Gasteiger partial charge in [-0.1, -0.05) is 0 Å². The Hall–Kier alpha value is -2.94. The Morgan fingerprint density at radius 3 is 2.33 bits per heavy atom. The number of carbonyl (C=O) groups is 1. The summed E-state index contributed by atoms with van der Waals surface area (Å²) in [5, 5.41) is 0. The molecule has 0 spiro atoms. The number of ether oxygens (including phenoxy) is 2. The molecule has 0 aromatic heterocycles. The van der Waals surface area contributed by atoms with Crippen LogP contribution in [0.1, 0.15) is 25.0 Å². The zero-order chi connectivity index (χ0) is 25.6. The van der Waals surface area contributed by atoms with Crippen LogP contribution < -0.4 is 14.5 Å². The van der Waals surface area contributed by atoms with Crippen LogP contribution in [-0.2, 0) is 22.1 Å². The van der Waals surface area contributed by atoms with E-state index in [4.69, 9.17) is 9.47 Å². The topological polar surface area (TPSA) is 45.2 Å². The molecule has 4 atom stereocenters. The highest BCUT2D eigenvalue weighted by Gasteiger charge is 2.44. The number of fused-ring (bicyclic) bond motifs is 3. The third-order valence-corrected chi connectivity index (χ3v) is 7.53. The molecule has 0 saturated carbocycles. The molecule has 2 fully saturated rings. The molecule has 194 valence electrons. The van der Waals surface area contributed by atoms with Crippen molar-refractivity contribution in [2.24, 2.45) is 5.92 Å². The van der Waals surface area contributed by atoms with E-state index in [2.05, 4.69) is 9.80 Å². The number of carbonyl (C=O) groups excluding carboxylic acids is 1. The molecule has 0 radical (unpaired) electrons. The molecule has 3 aliphatic heterocycles. The van der Waals surface area contributed by atoms with Crippen molar-refractivity contribution in [3.05, 3.63) is 53.6 Å². The minimum atomic E-state index is -4.42. The summed E-state index contributed by atoms with van der Waals surface area (Å²) in [7, 11) is 1.63. The highest BCUT2D eigenvalue weighted by molar-refractivity contribution is 5.83. The molecule has 0 unspecified atom stereocenters. The van der Waals surface area contributed by atoms with Gasteiger partial charge >= 0.3 is 6.18 Å². The molecule has 6 nitrogen and oxygen atoms in total. The number of rotatable bonds is 3. The number of morpholine rings is 1. The number of piperazine rings is 1. The number of anilines is 2. The molecule has 0 bridgehead atoms. The fourth-order valence-corrected chi connectivity index (χ4v) is 5.90. The summed E-state index contributed by atoms with van der Waals surface area (Å²) in [5.74, 6) is 0.319. The zero-order valence-electron chi connectivity index (χ0n) is 20.8. The van der Waals surface area contributed by atoms with E-state index >= 15 is 0 Å². The minimum absolute atomic E-state index is 0.00774. The smallest absolute Gasteiger partial charge is 0.416 e. The Balaban J connectivity index is 1.48. The highest BCUT2D eigenvalue weighted by atomic mass is 19.4. The molecule has 0 N–H and O–H groups in total. The van der Waals surface area contributed by atoms with Crippen LogP contribution in [0.2, 0.25) is 0 Å². The van der Waals surface area contributed by atoms with E-state index in [1.54, 1.807) is 13.2 Å². The van der Waals surface area contributed by atoms with E-state index in [0.29, 0.717) is 38.3 Å². The van der Waals surface area contributed by atoms with Gasteiger partial charge in [-0.3, -0.25) is 4.79 Å². The van der Waals surface area contributed by atoms with Crippen molar-refractivity contribution in [2.45, 2.75) is 44.7 Å². The molecule has 9 heteroatoms. The predicted octanol–water partition coefficient (Wildman–Crippen LogP) is 4.22. The molecule has 2 aromatic rings. The van der Waals surface area contributed by atoms with Gasteiger partial charge in [-0.2, -0.15) is 13.2 Å². The van der Waals surface area contributed by atoms with E-state index in [9.17, 15) is 18.0 Å². The fourth-order valence-electron chi connectivity index (χ4n) is 5.90. The van der Waals surface area contributed by atoms with Crippen molar-refractivity contribution in [1.82, 2.24) is 4.90 Å². The first-order chi connectivity index (χ1) is 17.1. The van der Waals surface area contributed by atoms with Crippen LogP contribution in [0.15, 0.2) is 42.5 Å². The molecule has 0 aliphatic carbocycles. The molecular formula is C27H32F3N3O3. The summed E-state index contributed by atoms with van der Waals surface area (Å²) in [4.78, 5) is 20.1. The van der Waals surface area contributed by atoms with Gasteiger partial charge in [0.1, 0.15) is 5.75 Å². The average molecular weight is 504 g/mol. The third kappa shape index (κ3) is 4.73. The van der Waals surface area contributed by atoms with Crippen molar-refractivity contribution >= 4 is 17.3 Å². The average Bonchev–Trinajstić information content (AvgIpc) is 2.86. The summed E-state index contributed by atoms with van der Waals surface area (Å²) in [6, 6.07) is 11.6. The van der Waals surface area contributed by atoms with Gasteiger partial charge in [0.2, 0.25) is 5.91 Å². The van der Waals surface area contributed by atoms with Crippen molar-refractivity contribution in [3.63, 3.8) is 0 Å².